The van der Waals surface area contributed by atoms with Crippen LogP contribution < -0.4 is 10.5 Å². The van der Waals surface area contributed by atoms with Gasteiger partial charge in [0.15, 0.2) is 0 Å². The van der Waals surface area contributed by atoms with E-state index in [4.69, 9.17) is 10.5 Å². The first-order chi connectivity index (χ1) is 8.11. The molecular formula is C13H21N3O. The summed E-state index contributed by atoms with van der Waals surface area (Å²) in [5, 5.41) is 7.88. The van der Waals surface area contributed by atoms with E-state index >= 15 is 0 Å². The van der Waals surface area contributed by atoms with Crippen LogP contribution in [0.5, 0.6) is 5.88 Å². The number of rotatable bonds is 3. The van der Waals surface area contributed by atoms with Crippen LogP contribution in [-0.2, 0) is 6.54 Å². The van der Waals surface area contributed by atoms with Crippen LogP contribution in [0, 0.1) is 5.41 Å². The van der Waals surface area contributed by atoms with Crippen molar-refractivity contribution < 1.29 is 4.74 Å². The molecule has 0 unspecified atom stereocenters. The predicted octanol–water partition coefficient (Wildman–Crippen LogP) is 2.28. The first kappa shape index (κ1) is 12.3. The molecule has 0 amide bonds. The second kappa shape index (κ2) is 5.00. The van der Waals surface area contributed by atoms with Crippen LogP contribution >= 0.6 is 0 Å². The Labute approximate surface area is 103 Å². The molecule has 2 N–H and O–H groups in total. The molecule has 1 saturated carbocycles. The van der Waals surface area contributed by atoms with E-state index in [1.165, 1.54) is 12.8 Å². The molecular weight excluding hydrogens is 214 g/mol. The molecule has 94 valence electrons. The van der Waals surface area contributed by atoms with E-state index in [0.717, 1.165) is 18.4 Å². The van der Waals surface area contributed by atoms with Gasteiger partial charge in [0.05, 0.1) is 6.20 Å². The second-order valence-electron chi connectivity index (χ2n) is 5.55. The van der Waals surface area contributed by atoms with Crippen molar-refractivity contribution in [1.29, 1.82) is 0 Å². The van der Waals surface area contributed by atoms with Crippen LogP contribution in [0.4, 0.5) is 0 Å². The lowest BCUT2D eigenvalue weighted by Crippen LogP contribution is -2.29. The van der Waals surface area contributed by atoms with Crippen LogP contribution in [0.25, 0.3) is 0 Å². The van der Waals surface area contributed by atoms with Gasteiger partial charge in [0.1, 0.15) is 6.10 Å². The Balaban J connectivity index is 1.98. The molecule has 0 spiro atoms. The second-order valence-corrected chi connectivity index (χ2v) is 5.55. The standard InChI is InChI=1S/C13H21N3O/c1-13(2)6-3-11(4-7-13)17-12-10(9-14)5-8-15-16-12/h5,8,11H,3-4,6-7,9,14H2,1-2H3. The molecule has 17 heavy (non-hydrogen) atoms. The van der Waals surface area contributed by atoms with Crippen molar-refractivity contribution in [2.45, 2.75) is 52.2 Å². The summed E-state index contributed by atoms with van der Waals surface area (Å²) in [6.07, 6.45) is 6.51. The molecule has 0 saturated heterocycles. The van der Waals surface area contributed by atoms with Crippen molar-refractivity contribution in [3.63, 3.8) is 0 Å². The Morgan fingerprint density at radius 1 is 1.41 bits per heavy atom. The van der Waals surface area contributed by atoms with Crippen molar-refractivity contribution in [3.05, 3.63) is 17.8 Å². The Morgan fingerprint density at radius 2 is 2.12 bits per heavy atom. The third kappa shape index (κ3) is 3.16. The highest BCUT2D eigenvalue weighted by molar-refractivity contribution is 5.23. The van der Waals surface area contributed by atoms with Crippen molar-refractivity contribution >= 4 is 0 Å². The summed E-state index contributed by atoms with van der Waals surface area (Å²) in [5.74, 6) is 0.611. The van der Waals surface area contributed by atoms with Gasteiger partial charge in [0.25, 0.3) is 0 Å². The fraction of sp³-hybridized carbons (Fsp3) is 0.692. The minimum atomic E-state index is 0.269. The third-order valence-corrected chi connectivity index (χ3v) is 3.55. The van der Waals surface area contributed by atoms with E-state index < -0.39 is 0 Å². The van der Waals surface area contributed by atoms with Gasteiger partial charge in [-0.15, -0.1) is 5.10 Å². The number of hydrogen-bond donors (Lipinski definition) is 1. The van der Waals surface area contributed by atoms with Crippen LogP contribution in [0.1, 0.15) is 45.1 Å². The van der Waals surface area contributed by atoms with Gasteiger partial charge in [0.2, 0.25) is 5.88 Å². The van der Waals surface area contributed by atoms with Crippen LogP contribution in [0.3, 0.4) is 0 Å². The molecule has 1 fully saturated rings. The van der Waals surface area contributed by atoms with Crippen molar-refractivity contribution in [2.75, 3.05) is 0 Å². The lowest BCUT2D eigenvalue weighted by Gasteiger charge is -2.34. The fourth-order valence-corrected chi connectivity index (χ4v) is 2.25. The molecule has 1 aliphatic rings. The zero-order chi connectivity index (χ0) is 12.3. The van der Waals surface area contributed by atoms with E-state index in [2.05, 4.69) is 24.0 Å². The largest absolute Gasteiger partial charge is 0.473 e. The molecule has 1 aliphatic carbocycles. The maximum atomic E-state index is 5.92. The molecule has 0 bridgehead atoms. The summed E-state index contributed by atoms with van der Waals surface area (Å²) < 4.78 is 5.92. The summed E-state index contributed by atoms with van der Waals surface area (Å²) in [4.78, 5) is 0. The average molecular weight is 235 g/mol. The molecule has 0 radical (unpaired) electrons. The first-order valence-corrected chi connectivity index (χ1v) is 6.28. The van der Waals surface area contributed by atoms with E-state index in [-0.39, 0.29) is 6.10 Å². The molecule has 0 atom stereocenters. The van der Waals surface area contributed by atoms with Crippen molar-refractivity contribution in [3.8, 4) is 5.88 Å². The lowest BCUT2D eigenvalue weighted by atomic mass is 9.76. The van der Waals surface area contributed by atoms with Crippen molar-refractivity contribution in [1.82, 2.24) is 10.2 Å². The zero-order valence-electron chi connectivity index (χ0n) is 10.6. The highest BCUT2D eigenvalue weighted by atomic mass is 16.5. The molecule has 0 aromatic carbocycles. The Kier molecular flexibility index (Phi) is 3.62. The van der Waals surface area contributed by atoms with Gasteiger partial charge in [0, 0.05) is 12.1 Å². The SMILES string of the molecule is CC1(C)CCC(Oc2nnccc2CN)CC1. The number of nitrogens with two attached hydrogens (primary N) is 1. The number of ether oxygens (including phenoxy) is 1. The molecule has 1 aromatic heterocycles. The summed E-state index contributed by atoms with van der Waals surface area (Å²) in [6.45, 7) is 5.08. The molecule has 4 nitrogen and oxygen atoms in total. The Bertz CT molecular complexity index is 369. The van der Waals surface area contributed by atoms with E-state index in [1.54, 1.807) is 6.20 Å². The van der Waals surface area contributed by atoms with E-state index in [1.807, 2.05) is 6.07 Å². The van der Waals surface area contributed by atoms with Gasteiger partial charge in [-0.05, 0) is 37.2 Å². The highest BCUT2D eigenvalue weighted by Crippen LogP contribution is 2.36. The van der Waals surface area contributed by atoms with Gasteiger partial charge < -0.3 is 10.5 Å². The molecule has 0 aliphatic heterocycles. The summed E-state index contributed by atoms with van der Waals surface area (Å²) in [5.41, 5.74) is 7.04. The number of nitrogens with zero attached hydrogens (tertiary/aromatic N) is 2. The first-order valence-electron chi connectivity index (χ1n) is 6.28. The third-order valence-electron chi connectivity index (χ3n) is 3.55. The maximum Gasteiger partial charge on any atom is 0.238 e. The zero-order valence-corrected chi connectivity index (χ0v) is 10.6. The van der Waals surface area contributed by atoms with Crippen LogP contribution in [0.2, 0.25) is 0 Å². The molecule has 1 aromatic rings. The summed E-state index contributed by atoms with van der Waals surface area (Å²) >= 11 is 0. The van der Waals surface area contributed by atoms with Gasteiger partial charge in [-0.3, -0.25) is 0 Å². The Morgan fingerprint density at radius 3 is 2.76 bits per heavy atom. The van der Waals surface area contributed by atoms with Crippen LogP contribution in [-0.4, -0.2) is 16.3 Å². The quantitative estimate of drug-likeness (QED) is 0.873. The van der Waals surface area contributed by atoms with Gasteiger partial charge in [-0.25, -0.2) is 0 Å². The normalized spacial score (nSPS) is 20.2. The van der Waals surface area contributed by atoms with Crippen LogP contribution in [0.15, 0.2) is 12.3 Å². The minimum Gasteiger partial charge on any atom is -0.473 e. The molecule has 2 rings (SSSR count). The van der Waals surface area contributed by atoms with Gasteiger partial charge in [-0.1, -0.05) is 13.8 Å². The predicted molar refractivity (Wildman–Crippen MR) is 66.6 cm³/mol. The average Bonchev–Trinajstić information content (AvgIpc) is 2.32. The smallest absolute Gasteiger partial charge is 0.238 e. The lowest BCUT2D eigenvalue weighted by molar-refractivity contribution is 0.0931. The van der Waals surface area contributed by atoms with E-state index in [9.17, 15) is 0 Å². The molecule has 1 heterocycles. The highest BCUT2D eigenvalue weighted by Gasteiger charge is 2.28. The number of hydrogen-bond acceptors (Lipinski definition) is 4. The minimum absolute atomic E-state index is 0.269. The fourth-order valence-electron chi connectivity index (χ4n) is 2.25. The van der Waals surface area contributed by atoms with Gasteiger partial charge in [-0.2, -0.15) is 5.10 Å². The molecule has 4 heteroatoms. The van der Waals surface area contributed by atoms with Crippen molar-refractivity contribution in [2.24, 2.45) is 11.1 Å². The monoisotopic (exact) mass is 235 g/mol. The summed E-state index contributed by atoms with van der Waals surface area (Å²) in [7, 11) is 0. The maximum absolute atomic E-state index is 5.92. The Hall–Kier alpha value is -1.16. The van der Waals surface area contributed by atoms with Gasteiger partial charge >= 0.3 is 0 Å². The number of aromatic nitrogens is 2. The topological polar surface area (TPSA) is 61.0 Å². The van der Waals surface area contributed by atoms with E-state index in [0.29, 0.717) is 17.8 Å². The summed E-state index contributed by atoms with van der Waals surface area (Å²) in [6, 6.07) is 1.87.